The summed E-state index contributed by atoms with van der Waals surface area (Å²) < 4.78 is 66.9. The number of hydrogen-bond donors (Lipinski definition) is 0. The van der Waals surface area contributed by atoms with Crippen LogP contribution in [0.3, 0.4) is 0 Å². The van der Waals surface area contributed by atoms with E-state index in [9.17, 15) is 0 Å². The molecule has 0 saturated carbocycles. The lowest BCUT2D eigenvalue weighted by Crippen LogP contribution is -2.30. The van der Waals surface area contributed by atoms with Crippen LogP contribution in [0.25, 0.3) is 83.1 Å². The largest absolute Gasteiger partial charge is 0.454 e. The van der Waals surface area contributed by atoms with E-state index in [-0.39, 0.29) is 28.8 Å². The van der Waals surface area contributed by atoms with Crippen LogP contribution in [-0.2, 0) is 7.05 Å². The fourth-order valence-electron chi connectivity index (χ4n) is 7.97. The van der Waals surface area contributed by atoms with Crippen molar-refractivity contribution in [1.82, 2.24) is 9.55 Å². The second-order valence-corrected chi connectivity index (χ2v) is 14.3. The van der Waals surface area contributed by atoms with Gasteiger partial charge in [0, 0.05) is 41.2 Å². The topological polar surface area (TPSA) is 48.0 Å². The summed E-state index contributed by atoms with van der Waals surface area (Å²) in [7, 11) is 2.10. The zero-order chi connectivity index (χ0) is 40.3. The summed E-state index contributed by atoms with van der Waals surface area (Å²) in [5.41, 5.74) is 10.8. The lowest BCUT2D eigenvalue weighted by atomic mass is 9.88. The highest BCUT2D eigenvalue weighted by molar-refractivity contribution is 6.23. The Bertz CT molecular complexity index is 3040. The Balaban J connectivity index is 1.41. The summed E-state index contributed by atoms with van der Waals surface area (Å²) >= 11 is 0. The van der Waals surface area contributed by atoms with Crippen molar-refractivity contribution >= 4 is 54.9 Å². The summed E-state index contributed by atoms with van der Waals surface area (Å²) in [5.74, 6) is 1.34. The second-order valence-electron chi connectivity index (χ2n) is 14.3. The van der Waals surface area contributed by atoms with Gasteiger partial charge >= 0.3 is 0 Å². The van der Waals surface area contributed by atoms with Gasteiger partial charge in [0.2, 0.25) is 0 Å². The first-order valence-electron chi connectivity index (χ1n) is 20.5. The van der Waals surface area contributed by atoms with Gasteiger partial charge in [0.25, 0.3) is 5.82 Å². The van der Waals surface area contributed by atoms with Gasteiger partial charge in [-0.15, -0.1) is 0 Å². The Morgan fingerprint density at radius 1 is 0.706 bits per heavy atom. The SMILES string of the molecule is [2H]C([2H])([2H])c1cc2c(oc3ccc4c5ccc(C)c(-c6n(-c7c(C(C)C)cc(-c8ccccc8)cc7C(C)C)c7ccccc7[n+]6C)c5oc4c32)c(C([2H])([2H])[2H])n1. The van der Waals surface area contributed by atoms with E-state index in [1.165, 1.54) is 28.3 Å². The molecule has 0 amide bonds. The molecule has 51 heavy (non-hydrogen) atoms. The van der Waals surface area contributed by atoms with Crippen molar-refractivity contribution in [2.45, 2.75) is 60.2 Å². The molecule has 0 saturated heterocycles. The average molecular weight is 675 g/mol. The number of aryl methyl sites for hydroxylation is 4. The number of aromatic nitrogens is 3. The molecule has 0 fully saturated rings. The maximum Gasteiger partial charge on any atom is 0.299 e. The Labute approximate surface area is 306 Å². The number of fused-ring (bicyclic) bond motifs is 8. The van der Waals surface area contributed by atoms with Crippen LogP contribution < -0.4 is 4.57 Å². The molecule has 5 nitrogen and oxygen atoms in total. The maximum atomic E-state index is 8.22. The molecular weight excluding hydrogens is 627 g/mol. The van der Waals surface area contributed by atoms with Crippen molar-refractivity contribution in [2.24, 2.45) is 7.05 Å². The molecule has 0 radical (unpaired) electrons. The summed E-state index contributed by atoms with van der Waals surface area (Å²) in [6, 6.07) is 33.0. The lowest BCUT2D eigenvalue weighted by Gasteiger charge is -2.21. The first-order chi connectivity index (χ1) is 27.0. The monoisotopic (exact) mass is 674 g/mol. The standard InChI is InChI=1S/C46H42N3O2/c1-25(2)34-23-31(30-14-10-9-11-15-30)24-35(26(3)4)42(34)49-38-17-13-12-16-37(38)48(8)46(49)40-27(5)18-19-32-33-20-21-39-41(45(33)51-44(32)40)36-22-28(6)47-29(7)43(36)50-39/h9-26H,1-8H3/q+1/i6D3,7D3. The van der Waals surface area contributed by atoms with E-state index in [2.05, 4.69) is 129 Å². The highest BCUT2D eigenvalue weighted by Crippen LogP contribution is 2.45. The zero-order valence-corrected chi connectivity index (χ0v) is 29.6. The molecule has 4 heterocycles. The molecule has 9 aromatic rings. The van der Waals surface area contributed by atoms with E-state index < -0.39 is 13.7 Å². The summed E-state index contributed by atoms with van der Waals surface area (Å²) in [6.45, 7) is 5.73. The number of benzene rings is 5. The number of imidazole rings is 1. The predicted molar refractivity (Wildman–Crippen MR) is 210 cm³/mol. The van der Waals surface area contributed by atoms with E-state index in [4.69, 9.17) is 17.1 Å². The van der Waals surface area contributed by atoms with Crippen LogP contribution in [0, 0.1) is 20.6 Å². The van der Waals surface area contributed by atoms with Crippen molar-refractivity contribution in [3.8, 4) is 28.2 Å². The van der Waals surface area contributed by atoms with E-state index in [1.54, 1.807) is 6.07 Å². The third kappa shape index (κ3) is 4.60. The van der Waals surface area contributed by atoms with Gasteiger partial charge in [0.05, 0.1) is 18.1 Å². The lowest BCUT2D eigenvalue weighted by molar-refractivity contribution is -0.633. The number of pyridine rings is 1. The van der Waals surface area contributed by atoms with Gasteiger partial charge in [-0.2, -0.15) is 4.57 Å². The molecule has 4 aromatic heterocycles. The molecule has 0 spiro atoms. The maximum absolute atomic E-state index is 8.22. The van der Waals surface area contributed by atoms with Crippen LogP contribution >= 0.6 is 0 Å². The Morgan fingerprint density at radius 2 is 1.41 bits per heavy atom. The molecule has 252 valence electrons. The average Bonchev–Trinajstić information content (AvgIpc) is 3.82. The van der Waals surface area contributed by atoms with Crippen LogP contribution in [0.5, 0.6) is 0 Å². The Morgan fingerprint density at radius 3 is 2.14 bits per heavy atom. The first-order valence-corrected chi connectivity index (χ1v) is 17.5. The number of nitrogens with zero attached hydrogens (tertiary/aromatic N) is 3. The van der Waals surface area contributed by atoms with Crippen molar-refractivity contribution in [1.29, 1.82) is 0 Å². The van der Waals surface area contributed by atoms with Gasteiger partial charge in [0.15, 0.2) is 22.2 Å². The van der Waals surface area contributed by atoms with Crippen molar-refractivity contribution in [3.05, 3.63) is 125 Å². The van der Waals surface area contributed by atoms with Crippen molar-refractivity contribution < 1.29 is 21.6 Å². The smallest absolute Gasteiger partial charge is 0.299 e. The summed E-state index contributed by atoms with van der Waals surface area (Å²) in [5, 5.41) is 2.51. The summed E-state index contributed by atoms with van der Waals surface area (Å²) in [6.07, 6.45) is 0. The normalized spacial score (nSPS) is 14.5. The minimum atomic E-state index is -2.71. The summed E-state index contributed by atoms with van der Waals surface area (Å²) in [4.78, 5) is 4.10. The molecule has 0 N–H and O–H groups in total. The number of para-hydroxylation sites is 2. The molecule has 0 bridgehead atoms. The molecule has 5 heteroatoms. The minimum Gasteiger partial charge on any atom is -0.454 e. The van der Waals surface area contributed by atoms with Crippen LogP contribution in [-0.4, -0.2) is 9.55 Å². The van der Waals surface area contributed by atoms with Gasteiger partial charge in [0.1, 0.15) is 22.4 Å². The van der Waals surface area contributed by atoms with E-state index in [1.807, 2.05) is 12.1 Å². The Hall–Kier alpha value is -5.68. The number of rotatable bonds is 5. The second kappa shape index (κ2) is 11.4. The van der Waals surface area contributed by atoms with Crippen LogP contribution in [0.4, 0.5) is 0 Å². The molecule has 0 aliphatic heterocycles. The Kier molecular flexibility index (Phi) is 5.67. The van der Waals surface area contributed by atoms with Crippen LogP contribution in [0.1, 0.15) is 75.8 Å². The molecule has 0 aliphatic carbocycles. The van der Waals surface area contributed by atoms with Crippen molar-refractivity contribution in [3.63, 3.8) is 0 Å². The molecular formula is C46H42N3O2+. The number of hydrogen-bond acceptors (Lipinski definition) is 3. The highest BCUT2D eigenvalue weighted by atomic mass is 16.3. The van der Waals surface area contributed by atoms with Gasteiger partial charge < -0.3 is 8.83 Å². The fourth-order valence-corrected chi connectivity index (χ4v) is 7.97. The fraction of sp³-hybridized carbons (Fsp3) is 0.217. The molecule has 5 aromatic carbocycles. The molecule has 0 unspecified atom stereocenters. The van der Waals surface area contributed by atoms with E-state index in [0.29, 0.717) is 27.5 Å². The molecule has 9 rings (SSSR count). The van der Waals surface area contributed by atoms with Crippen LogP contribution in [0.2, 0.25) is 0 Å². The van der Waals surface area contributed by atoms with Gasteiger partial charge in [-0.25, -0.2) is 4.57 Å². The van der Waals surface area contributed by atoms with Gasteiger partial charge in [-0.3, -0.25) is 4.98 Å². The minimum absolute atomic E-state index is 0.0234. The quantitative estimate of drug-likeness (QED) is 0.171. The predicted octanol–water partition coefficient (Wildman–Crippen LogP) is 12.2. The van der Waals surface area contributed by atoms with Gasteiger partial charge in [-0.1, -0.05) is 82.3 Å². The van der Waals surface area contributed by atoms with E-state index >= 15 is 0 Å². The first kappa shape index (κ1) is 25.3. The van der Waals surface area contributed by atoms with Gasteiger partial charge in [-0.05, 0) is 91.6 Å². The van der Waals surface area contributed by atoms with E-state index in [0.717, 1.165) is 44.4 Å². The van der Waals surface area contributed by atoms with Crippen molar-refractivity contribution in [2.75, 3.05) is 0 Å². The highest BCUT2D eigenvalue weighted by Gasteiger charge is 2.34. The third-order valence-electron chi connectivity index (χ3n) is 10.4. The third-order valence-corrected chi connectivity index (χ3v) is 10.4. The van der Waals surface area contributed by atoms with Crippen LogP contribution in [0.15, 0.2) is 106 Å². The molecule has 0 aliphatic rings. The zero-order valence-electron chi connectivity index (χ0n) is 35.6. The number of furan rings is 2. The molecule has 0 atom stereocenters.